The second-order valence-corrected chi connectivity index (χ2v) is 9.88. The summed E-state index contributed by atoms with van der Waals surface area (Å²) >= 11 is 6.41. The fraction of sp³-hybridized carbons (Fsp3) is 0.407. The number of hydrogen-bond donors (Lipinski definition) is 3. The number of para-hydroxylation sites is 1. The fourth-order valence-electron chi connectivity index (χ4n) is 5.55. The number of H-pyrrole nitrogens is 1. The number of nitrogens with zero attached hydrogens (tertiary/aromatic N) is 1. The number of aromatic amines is 1. The summed E-state index contributed by atoms with van der Waals surface area (Å²) in [5.41, 5.74) is 4.37. The molecule has 0 bridgehead atoms. The Labute approximate surface area is 219 Å². The van der Waals surface area contributed by atoms with E-state index in [1.165, 1.54) is 0 Å². The average Bonchev–Trinajstić information content (AvgIpc) is 3.53. The van der Waals surface area contributed by atoms with Crippen LogP contribution in [0.25, 0.3) is 11.3 Å². The number of methoxy groups -OCH3 is 1. The number of nitrogens with one attached hydrogen (secondary N) is 3. The van der Waals surface area contributed by atoms with Gasteiger partial charge in [-0.1, -0.05) is 24.1 Å². The molecule has 4 heterocycles. The lowest BCUT2D eigenvalue weighted by atomic mass is 9.91. The van der Waals surface area contributed by atoms with E-state index in [0.29, 0.717) is 59.9 Å². The van der Waals surface area contributed by atoms with Gasteiger partial charge in [0.2, 0.25) is 0 Å². The molecule has 1 aromatic carbocycles. The van der Waals surface area contributed by atoms with Crippen molar-refractivity contribution in [2.24, 2.45) is 0 Å². The highest BCUT2D eigenvalue weighted by atomic mass is 35.5. The molecule has 2 aliphatic heterocycles. The minimum absolute atomic E-state index is 0.103. The fourth-order valence-corrected chi connectivity index (χ4v) is 5.80. The highest BCUT2D eigenvalue weighted by Gasteiger charge is 2.41. The van der Waals surface area contributed by atoms with Crippen molar-refractivity contribution in [3.05, 3.63) is 52.9 Å². The number of halogens is 1. The Morgan fingerprint density at radius 3 is 3.00 bits per heavy atom. The maximum Gasteiger partial charge on any atom is 0.255 e. The van der Waals surface area contributed by atoms with Gasteiger partial charge in [-0.2, -0.15) is 0 Å². The predicted octanol–water partition coefficient (Wildman–Crippen LogP) is 4.66. The van der Waals surface area contributed by atoms with E-state index in [4.69, 9.17) is 30.5 Å². The molecule has 9 nitrogen and oxygen atoms in total. The van der Waals surface area contributed by atoms with Crippen LogP contribution in [-0.4, -0.2) is 61.6 Å². The van der Waals surface area contributed by atoms with Gasteiger partial charge in [0.1, 0.15) is 18.5 Å². The van der Waals surface area contributed by atoms with Crippen LogP contribution < -0.4 is 20.1 Å². The van der Waals surface area contributed by atoms with Crippen LogP contribution in [0, 0.1) is 0 Å². The van der Waals surface area contributed by atoms with Gasteiger partial charge >= 0.3 is 0 Å². The van der Waals surface area contributed by atoms with Crippen LogP contribution in [0.1, 0.15) is 41.2 Å². The van der Waals surface area contributed by atoms with E-state index in [9.17, 15) is 4.79 Å². The van der Waals surface area contributed by atoms with Crippen molar-refractivity contribution in [1.29, 1.82) is 0 Å². The van der Waals surface area contributed by atoms with Crippen LogP contribution in [0.3, 0.4) is 0 Å². The van der Waals surface area contributed by atoms with E-state index in [-0.39, 0.29) is 24.0 Å². The lowest BCUT2D eigenvalue weighted by Gasteiger charge is -2.27. The zero-order chi connectivity index (χ0) is 25.4. The smallest absolute Gasteiger partial charge is 0.255 e. The second-order valence-electron chi connectivity index (χ2n) is 9.48. The molecule has 3 unspecified atom stereocenters. The minimum Gasteiger partial charge on any atom is -0.493 e. The van der Waals surface area contributed by atoms with Crippen molar-refractivity contribution in [2.45, 2.75) is 37.3 Å². The normalized spacial score (nSPS) is 22.6. The summed E-state index contributed by atoms with van der Waals surface area (Å²) in [4.78, 5) is 21.3. The van der Waals surface area contributed by atoms with Crippen molar-refractivity contribution in [2.75, 3.05) is 38.9 Å². The van der Waals surface area contributed by atoms with Crippen LogP contribution in [0.4, 0.5) is 11.4 Å². The van der Waals surface area contributed by atoms with E-state index in [0.717, 1.165) is 36.2 Å². The molecule has 6 rings (SSSR count). The van der Waals surface area contributed by atoms with Crippen molar-refractivity contribution in [1.82, 2.24) is 15.3 Å². The van der Waals surface area contributed by atoms with Crippen molar-refractivity contribution in [3.63, 3.8) is 0 Å². The average molecular weight is 525 g/mol. The SMILES string of the molecule is COc1c(Cl)cccc1Nc1c(-c2ccncc2OCC2COCCO2)[nH]c2c1C(=O)NC1CCCC21. The summed E-state index contributed by atoms with van der Waals surface area (Å²) in [6.45, 7) is 1.95. The van der Waals surface area contributed by atoms with Gasteiger partial charge in [-0.3, -0.25) is 9.78 Å². The molecular formula is C27H29ClN4O5. The zero-order valence-corrected chi connectivity index (χ0v) is 21.3. The van der Waals surface area contributed by atoms with Gasteiger partial charge < -0.3 is 34.6 Å². The first-order valence-electron chi connectivity index (χ1n) is 12.6. The lowest BCUT2D eigenvalue weighted by molar-refractivity contribution is -0.101. The topological polar surface area (TPSA) is 107 Å². The van der Waals surface area contributed by atoms with Crippen LogP contribution in [-0.2, 0) is 9.47 Å². The Hall–Kier alpha value is -3.27. The molecular weight excluding hydrogens is 496 g/mol. The van der Waals surface area contributed by atoms with E-state index >= 15 is 0 Å². The number of rotatable bonds is 7. The lowest BCUT2D eigenvalue weighted by Crippen LogP contribution is -2.41. The van der Waals surface area contributed by atoms with Crippen molar-refractivity contribution < 1.29 is 23.7 Å². The molecule has 1 aliphatic carbocycles. The van der Waals surface area contributed by atoms with Gasteiger partial charge in [0.25, 0.3) is 5.91 Å². The first-order valence-corrected chi connectivity index (χ1v) is 12.9. The molecule has 1 saturated heterocycles. The summed E-state index contributed by atoms with van der Waals surface area (Å²) in [7, 11) is 1.57. The summed E-state index contributed by atoms with van der Waals surface area (Å²) in [5, 5.41) is 7.15. The van der Waals surface area contributed by atoms with Crippen LogP contribution >= 0.6 is 11.6 Å². The third-order valence-corrected chi connectivity index (χ3v) is 7.55. The minimum atomic E-state index is -0.156. The molecule has 1 saturated carbocycles. The maximum atomic E-state index is 13.4. The van der Waals surface area contributed by atoms with Crippen LogP contribution in [0.2, 0.25) is 5.02 Å². The number of carbonyl (C=O) groups excluding carboxylic acids is 1. The van der Waals surface area contributed by atoms with Gasteiger partial charge in [-0.15, -0.1) is 0 Å². The van der Waals surface area contributed by atoms with E-state index in [2.05, 4.69) is 20.6 Å². The van der Waals surface area contributed by atoms with Crippen molar-refractivity contribution >= 4 is 28.9 Å². The summed E-state index contributed by atoms with van der Waals surface area (Å²) in [6, 6.07) is 7.50. The van der Waals surface area contributed by atoms with Crippen LogP contribution in [0.5, 0.6) is 11.5 Å². The van der Waals surface area contributed by atoms with Gasteiger partial charge in [0.15, 0.2) is 5.75 Å². The Morgan fingerprint density at radius 1 is 1.24 bits per heavy atom. The van der Waals surface area contributed by atoms with Crippen molar-refractivity contribution in [3.8, 4) is 22.8 Å². The number of pyridine rings is 1. The number of amides is 1. The first kappa shape index (κ1) is 24.1. The highest BCUT2D eigenvalue weighted by Crippen LogP contribution is 2.48. The molecule has 3 atom stereocenters. The predicted molar refractivity (Wildman–Crippen MR) is 139 cm³/mol. The molecule has 3 aliphatic rings. The standard InChI is InChI=1S/C27H29ClN4O5/c1-34-26-18(28)5-3-7-20(26)30-25-22-23(16-4-2-6-19(16)31-27(22)33)32-24(25)17-8-9-29-12-21(17)37-14-15-13-35-10-11-36-15/h3,5,7-9,12,15-16,19,30,32H,2,4,6,10-11,13-14H2,1H3,(H,31,33). The second kappa shape index (κ2) is 10.2. The maximum absolute atomic E-state index is 13.4. The monoisotopic (exact) mass is 524 g/mol. The van der Waals surface area contributed by atoms with E-state index in [1.807, 2.05) is 18.2 Å². The van der Waals surface area contributed by atoms with Gasteiger partial charge in [0.05, 0.1) is 60.8 Å². The number of ether oxygens (including phenoxy) is 4. The van der Waals surface area contributed by atoms with Gasteiger partial charge in [-0.05, 0) is 31.0 Å². The Kier molecular flexibility index (Phi) is 6.67. The number of benzene rings is 1. The molecule has 0 radical (unpaired) electrons. The first-order chi connectivity index (χ1) is 18.1. The number of aromatic nitrogens is 2. The molecule has 3 aromatic rings. The molecule has 3 N–H and O–H groups in total. The quantitative estimate of drug-likeness (QED) is 0.413. The molecule has 2 fully saturated rings. The van der Waals surface area contributed by atoms with Gasteiger partial charge in [-0.25, -0.2) is 0 Å². The zero-order valence-electron chi connectivity index (χ0n) is 20.5. The molecule has 10 heteroatoms. The third-order valence-electron chi connectivity index (χ3n) is 7.25. The Bertz CT molecular complexity index is 1310. The molecule has 194 valence electrons. The van der Waals surface area contributed by atoms with E-state index in [1.54, 1.807) is 25.6 Å². The van der Waals surface area contributed by atoms with Gasteiger partial charge in [0, 0.05) is 29.4 Å². The number of anilines is 2. The molecule has 37 heavy (non-hydrogen) atoms. The highest BCUT2D eigenvalue weighted by molar-refractivity contribution is 6.32. The summed E-state index contributed by atoms with van der Waals surface area (Å²) in [5.74, 6) is 1.20. The Balaban J connectivity index is 1.44. The molecule has 1 amide bonds. The summed E-state index contributed by atoms with van der Waals surface area (Å²) in [6.07, 6.45) is 6.29. The molecule has 2 aromatic heterocycles. The number of fused-ring (bicyclic) bond motifs is 3. The van der Waals surface area contributed by atoms with Crippen LogP contribution in [0.15, 0.2) is 36.7 Å². The largest absolute Gasteiger partial charge is 0.493 e. The Morgan fingerprint density at radius 2 is 2.16 bits per heavy atom. The number of carbonyl (C=O) groups is 1. The molecule has 0 spiro atoms. The third kappa shape index (κ3) is 4.52. The number of hydrogen-bond acceptors (Lipinski definition) is 7. The summed E-state index contributed by atoms with van der Waals surface area (Å²) < 4.78 is 23.0. The van der Waals surface area contributed by atoms with E-state index < -0.39 is 0 Å².